The van der Waals surface area contributed by atoms with Crippen molar-refractivity contribution in [1.29, 1.82) is 5.26 Å². The Hall–Kier alpha value is -3.74. The number of rotatable bonds is 9. The van der Waals surface area contributed by atoms with Crippen LogP contribution in [0.25, 0.3) is 11.5 Å². The number of carbonyl (C=O) groups is 1. The molecule has 1 aliphatic heterocycles. The molecule has 0 atom stereocenters. The second kappa shape index (κ2) is 13.7. The largest absolute Gasteiger partial charge is 0.492 e. The predicted molar refractivity (Wildman–Crippen MR) is 139 cm³/mol. The summed E-state index contributed by atoms with van der Waals surface area (Å²) in [4.78, 5) is 27.1. The van der Waals surface area contributed by atoms with Crippen LogP contribution in [0.5, 0.6) is 5.75 Å². The number of alkyl halides is 3. The number of thiazole rings is 1. The first-order chi connectivity index (χ1) is 18.2. The van der Waals surface area contributed by atoms with Gasteiger partial charge in [0.2, 0.25) is 0 Å². The number of hydrogen-bond donors (Lipinski definition) is 2. The van der Waals surface area contributed by atoms with Crippen molar-refractivity contribution in [3.63, 3.8) is 0 Å². The number of anilines is 1. The molecule has 3 rings (SSSR count). The van der Waals surface area contributed by atoms with Gasteiger partial charge in [-0.2, -0.15) is 18.4 Å². The fourth-order valence-electron chi connectivity index (χ4n) is 3.73. The molecule has 2 N–H and O–H groups in total. The van der Waals surface area contributed by atoms with Gasteiger partial charge >= 0.3 is 6.18 Å². The lowest BCUT2D eigenvalue weighted by molar-refractivity contribution is -0.136. The van der Waals surface area contributed by atoms with Crippen molar-refractivity contribution in [2.75, 3.05) is 38.1 Å². The monoisotopic (exact) mass is 547 g/mol. The molecule has 8 nitrogen and oxygen atoms in total. The van der Waals surface area contributed by atoms with Crippen LogP contribution in [0.3, 0.4) is 0 Å². The van der Waals surface area contributed by atoms with Crippen LogP contribution in [-0.4, -0.2) is 54.3 Å². The molecule has 1 fully saturated rings. The van der Waals surface area contributed by atoms with Crippen molar-refractivity contribution >= 4 is 34.4 Å². The maximum absolute atomic E-state index is 12.7. The lowest BCUT2D eigenvalue weighted by Crippen LogP contribution is -2.34. The van der Waals surface area contributed by atoms with Crippen molar-refractivity contribution < 1.29 is 22.7 Å². The fraction of sp³-hybridized carbons (Fsp3) is 0.423. The van der Waals surface area contributed by atoms with Crippen molar-refractivity contribution in [1.82, 2.24) is 14.8 Å². The number of piperidine rings is 1. The Balaban J connectivity index is 1.77. The van der Waals surface area contributed by atoms with Crippen LogP contribution in [0.2, 0.25) is 0 Å². The van der Waals surface area contributed by atoms with Gasteiger partial charge in [0.1, 0.15) is 34.2 Å². The summed E-state index contributed by atoms with van der Waals surface area (Å²) < 4.78 is 44.5. The van der Waals surface area contributed by atoms with Crippen molar-refractivity contribution in [3.05, 3.63) is 55.6 Å². The first-order valence-corrected chi connectivity index (χ1v) is 12.9. The molecule has 1 amide bonds. The minimum atomic E-state index is -4.62. The van der Waals surface area contributed by atoms with Gasteiger partial charge in [-0.3, -0.25) is 19.1 Å². The number of nitriles is 1. The molecule has 12 heteroatoms. The molecular weight excluding hydrogens is 519 g/mol. The highest BCUT2D eigenvalue weighted by Gasteiger charge is 2.28. The summed E-state index contributed by atoms with van der Waals surface area (Å²) in [6.07, 6.45) is 0.565. The van der Waals surface area contributed by atoms with Gasteiger partial charge in [-0.1, -0.05) is 35.3 Å². The first kappa shape index (κ1) is 28.8. The molecule has 0 bridgehead atoms. The molecular formula is C26H28F3N5O3S. The van der Waals surface area contributed by atoms with Gasteiger partial charge in [0.25, 0.3) is 11.5 Å². The minimum Gasteiger partial charge on any atom is -0.492 e. The molecule has 1 saturated heterocycles. The number of aromatic nitrogens is 1. The zero-order chi connectivity index (χ0) is 27.5. The third-order valence-electron chi connectivity index (χ3n) is 5.62. The number of benzene rings is 1. The Morgan fingerprint density at radius 1 is 1.26 bits per heavy atom. The van der Waals surface area contributed by atoms with Gasteiger partial charge < -0.3 is 15.4 Å². The molecule has 0 radical (unpaired) electrons. The fourth-order valence-corrected chi connectivity index (χ4v) is 4.71. The molecule has 1 aliphatic rings. The summed E-state index contributed by atoms with van der Waals surface area (Å²) in [5, 5.41) is 13.9. The Bertz CT molecular complexity index is 1420. The third kappa shape index (κ3) is 8.68. The maximum Gasteiger partial charge on any atom is 0.405 e. The van der Waals surface area contributed by atoms with E-state index in [9.17, 15) is 28.0 Å². The van der Waals surface area contributed by atoms with E-state index in [1.54, 1.807) is 12.2 Å². The van der Waals surface area contributed by atoms with Crippen molar-refractivity contribution in [2.24, 2.45) is 0 Å². The quantitative estimate of drug-likeness (QED) is 0.369. The maximum atomic E-state index is 12.7. The van der Waals surface area contributed by atoms with Crippen LogP contribution in [0.1, 0.15) is 26.2 Å². The SMILES string of the molecule is CCn1c(=C=C(C#N)C(=O)NCC(F)(F)F)sc(=C=CNc2cccc(OCCN3CCCCC3)c2)c1=O. The second-order valence-corrected chi connectivity index (χ2v) is 9.41. The van der Waals surface area contributed by atoms with E-state index in [4.69, 9.17) is 4.74 Å². The van der Waals surface area contributed by atoms with Crippen LogP contribution in [0.4, 0.5) is 18.9 Å². The van der Waals surface area contributed by atoms with Gasteiger partial charge in [0.15, 0.2) is 5.57 Å². The van der Waals surface area contributed by atoms with Crippen molar-refractivity contribution in [3.8, 4) is 11.8 Å². The summed E-state index contributed by atoms with van der Waals surface area (Å²) >= 11 is 0.912. The van der Waals surface area contributed by atoms with Gasteiger partial charge in [0, 0.05) is 31.0 Å². The van der Waals surface area contributed by atoms with E-state index >= 15 is 0 Å². The molecule has 38 heavy (non-hydrogen) atoms. The topological polar surface area (TPSA) is 99.4 Å². The van der Waals surface area contributed by atoms with E-state index in [0.717, 1.165) is 36.7 Å². The number of nitrogens with one attached hydrogen (secondary N) is 2. The molecule has 0 saturated carbocycles. The summed E-state index contributed by atoms with van der Waals surface area (Å²) in [6, 6.07) is 8.89. The average molecular weight is 548 g/mol. The number of amides is 1. The number of hydrogen-bond acceptors (Lipinski definition) is 7. The summed E-state index contributed by atoms with van der Waals surface area (Å²) in [7, 11) is 0. The molecule has 0 unspecified atom stereocenters. The van der Waals surface area contributed by atoms with Crippen molar-refractivity contribution in [2.45, 2.75) is 38.9 Å². The summed E-state index contributed by atoms with van der Waals surface area (Å²) in [6.45, 7) is 3.96. The molecule has 2 aromatic rings. The molecule has 1 aromatic heterocycles. The zero-order valence-corrected chi connectivity index (χ0v) is 21.7. The molecule has 0 aliphatic carbocycles. The minimum absolute atomic E-state index is 0.121. The third-order valence-corrected chi connectivity index (χ3v) is 6.63. The van der Waals surface area contributed by atoms with Crippen LogP contribution < -0.4 is 30.1 Å². The molecule has 1 aromatic carbocycles. The lowest BCUT2D eigenvalue weighted by atomic mass is 10.1. The lowest BCUT2D eigenvalue weighted by Gasteiger charge is -2.26. The van der Waals surface area contributed by atoms with Crippen LogP contribution in [-0.2, 0) is 11.3 Å². The highest BCUT2D eigenvalue weighted by Crippen LogP contribution is 2.17. The van der Waals surface area contributed by atoms with Crippen LogP contribution in [0.15, 0.2) is 40.8 Å². The molecule has 202 valence electrons. The molecule has 0 spiro atoms. The van der Waals surface area contributed by atoms with E-state index in [2.05, 4.69) is 21.7 Å². The van der Waals surface area contributed by atoms with E-state index in [1.165, 1.54) is 36.1 Å². The van der Waals surface area contributed by atoms with E-state index in [1.807, 2.05) is 24.3 Å². The number of nitrogens with zero attached hydrogens (tertiary/aromatic N) is 3. The van der Waals surface area contributed by atoms with Gasteiger partial charge in [-0.25, -0.2) is 0 Å². The average Bonchev–Trinajstić information content (AvgIpc) is 3.20. The van der Waals surface area contributed by atoms with E-state index in [-0.39, 0.29) is 15.7 Å². The number of likely N-dealkylation sites (tertiary alicyclic amines) is 1. The Morgan fingerprint density at radius 3 is 2.71 bits per heavy atom. The van der Waals surface area contributed by atoms with Gasteiger partial charge in [0.05, 0.1) is 0 Å². The Morgan fingerprint density at radius 2 is 2.03 bits per heavy atom. The Labute approximate surface area is 221 Å². The summed E-state index contributed by atoms with van der Waals surface area (Å²) in [5.41, 5.74) is 4.94. The number of ether oxygens (including phenoxy) is 1. The van der Waals surface area contributed by atoms with E-state index < -0.39 is 29.8 Å². The number of halogens is 3. The zero-order valence-electron chi connectivity index (χ0n) is 20.9. The summed E-state index contributed by atoms with van der Waals surface area (Å²) in [5.74, 6) is -0.520. The predicted octanol–water partition coefficient (Wildman–Crippen LogP) is 2.31. The molecule has 2 heterocycles. The highest BCUT2D eigenvalue weighted by molar-refractivity contribution is 7.07. The smallest absolute Gasteiger partial charge is 0.405 e. The van der Waals surface area contributed by atoms with Gasteiger partial charge in [-0.05, 0) is 45.0 Å². The standard InChI is InChI=1S/C26H28F3N5O3S/c1-2-34-23(15-19(17-30)24(35)32-18-26(27,28)29)38-22(25(34)36)9-10-31-20-7-6-8-21(16-20)37-14-13-33-11-4-3-5-12-33/h6-8,10,16,31H,2-5,11-14,18H2,1H3,(H,32,35). The van der Waals surface area contributed by atoms with Crippen LogP contribution in [0, 0.1) is 11.3 Å². The first-order valence-electron chi connectivity index (χ1n) is 12.1. The normalized spacial score (nSPS) is 13.6. The Kier molecular flexibility index (Phi) is 10.4. The van der Waals surface area contributed by atoms with E-state index in [0.29, 0.717) is 12.4 Å². The highest BCUT2D eigenvalue weighted by atomic mass is 32.1. The van der Waals surface area contributed by atoms with Gasteiger partial charge in [-0.15, -0.1) is 0 Å². The second-order valence-electron chi connectivity index (χ2n) is 8.41. The van der Waals surface area contributed by atoms with Crippen LogP contribution >= 0.6 is 11.3 Å². The number of carbonyl (C=O) groups excluding carboxylic acids is 1.